The Labute approximate surface area is 143 Å². The number of benzene rings is 2. The van der Waals surface area contributed by atoms with Gasteiger partial charge in [-0.25, -0.2) is 9.97 Å². The molecule has 0 unspecified atom stereocenters. The van der Waals surface area contributed by atoms with Crippen molar-refractivity contribution in [2.45, 2.75) is 45.6 Å². The Hall–Kier alpha value is -2.42. The quantitative estimate of drug-likeness (QED) is 0.715. The van der Waals surface area contributed by atoms with E-state index in [9.17, 15) is 0 Å². The van der Waals surface area contributed by atoms with Gasteiger partial charge in [0, 0.05) is 11.6 Å². The summed E-state index contributed by atoms with van der Waals surface area (Å²) in [5.74, 6) is 0.920. The maximum absolute atomic E-state index is 4.96. The number of hydrogen-bond acceptors (Lipinski definition) is 3. The predicted molar refractivity (Wildman–Crippen MR) is 100 cm³/mol. The molecule has 122 valence electrons. The fourth-order valence-electron chi connectivity index (χ4n) is 3.47. The van der Waals surface area contributed by atoms with Gasteiger partial charge in [-0.1, -0.05) is 43.2 Å². The summed E-state index contributed by atoms with van der Waals surface area (Å²) in [4.78, 5) is 9.91. The molecule has 0 radical (unpaired) electrons. The molecule has 0 spiro atoms. The molecule has 0 bridgehead atoms. The number of aryl methyl sites for hydroxylation is 2. The summed E-state index contributed by atoms with van der Waals surface area (Å²) in [5.41, 5.74) is 6.53. The summed E-state index contributed by atoms with van der Waals surface area (Å²) < 4.78 is 0. The molecule has 1 aliphatic rings. The molecule has 3 aromatic rings. The van der Waals surface area contributed by atoms with E-state index in [-0.39, 0.29) is 0 Å². The highest BCUT2D eigenvalue weighted by Crippen LogP contribution is 2.30. The van der Waals surface area contributed by atoms with Crippen LogP contribution in [0.2, 0.25) is 0 Å². The SMILES string of the molecule is Cc1cc2nc(NC3CCCC3)c(-c3ccccc3)nc2cc1C. The van der Waals surface area contributed by atoms with Crippen molar-refractivity contribution in [3.63, 3.8) is 0 Å². The molecule has 0 saturated heterocycles. The monoisotopic (exact) mass is 317 g/mol. The van der Waals surface area contributed by atoms with Crippen molar-refractivity contribution in [3.8, 4) is 11.3 Å². The number of anilines is 1. The fraction of sp³-hybridized carbons (Fsp3) is 0.333. The maximum atomic E-state index is 4.96. The topological polar surface area (TPSA) is 37.8 Å². The second-order valence-corrected chi connectivity index (χ2v) is 6.84. The van der Waals surface area contributed by atoms with Crippen LogP contribution in [-0.2, 0) is 0 Å². The molecule has 24 heavy (non-hydrogen) atoms. The van der Waals surface area contributed by atoms with Gasteiger partial charge in [0.05, 0.1) is 11.0 Å². The first-order valence-corrected chi connectivity index (χ1v) is 8.81. The lowest BCUT2D eigenvalue weighted by molar-refractivity contribution is 0.751. The van der Waals surface area contributed by atoms with Gasteiger partial charge >= 0.3 is 0 Å². The molecule has 1 heterocycles. The number of nitrogens with one attached hydrogen (secondary N) is 1. The summed E-state index contributed by atoms with van der Waals surface area (Å²) >= 11 is 0. The molecule has 1 fully saturated rings. The van der Waals surface area contributed by atoms with Crippen molar-refractivity contribution >= 4 is 16.9 Å². The van der Waals surface area contributed by atoms with E-state index in [1.54, 1.807) is 0 Å². The summed E-state index contributed by atoms with van der Waals surface area (Å²) in [5, 5.41) is 3.66. The minimum Gasteiger partial charge on any atom is -0.366 e. The van der Waals surface area contributed by atoms with Crippen molar-refractivity contribution in [2.24, 2.45) is 0 Å². The highest BCUT2D eigenvalue weighted by molar-refractivity contribution is 5.84. The van der Waals surface area contributed by atoms with Gasteiger partial charge in [-0.05, 0) is 49.9 Å². The van der Waals surface area contributed by atoms with Crippen LogP contribution in [0.4, 0.5) is 5.82 Å². The lowest BCUT2D eigenvalue weighted by Crippen LogP contribution is -2.17. The van der Waals surface area contributed by atoms with Crippen LogP contribution in [-0.4, -0.2) is 16.0 Å². The van der Waals surface area contributed by atoms with Gasteiger partial charge < -0.3 is 5.32 Å². The lowest BCUT2D eigenvalue weighted by Gasteiger charge is -2.17. The van der Waals surface area contributed by atoms with Crippen molar-refractivity contribution in [3.05, 3.63) is 53.6 Å². The van der Waals surface area contributed by atoms with Gasteiger partial charge in [0.15, 0.2) is 5.82 Å². The molecule has 0 aliphatic heterocycles. The highest BCUT2D eigenvalue weighted by Gasteiger charge is 2.19. The van der Waals surface area contributed by atoms with Crippen LogP contribution >= 0.6 is 0 Å². The Bertz CT molecular complexity index is 865. The lowest BCUT2D eigenvalue weighted by atomic mass is 10.1. The van der Waals surface area contributed by atoms with E-state index >= 15 is 0 Å². The van der Waals surface area contributed by atoms with Gasteiger partial charge in [-0.2, -0.15) is 0 Å². The van der Waals surface area contributed by atoms with Crippen LogP contribution in [0.3, 0.4) is 0 Å². The predicted octanol–water partition coefficient (Wildman–Crippen LogP) is 5.27. The third-order valence-corrected chi connectivity index (χ3v) is 5.02. The summed E-state index contributed by atoms with van der Waals surface area (Å²) in [6.07, 6.45) is 5.05. The molecule has 1 saturated carbocycles. The van der Waals surface area contributed by atoms with E-state index in [1.165, 1.54) is 36.8 Å². The third kappa shape index (κ3) is 2.86. The average Bonchev–Trinajstić information content (AvgIpc) is 3.10. The van der Waals surface area contributed by atoms with Gasteiger partial charge in [0.1, 0.15) is 5.69 Å². The molecule has 1 aromatic heterocycles. The molecular weight excluding hydrogens is 294 g/mol. The first-order chi connectivity index (χ1) is 11.7. The Morgan fingerprint density at radius 2 is 1.50 bits per heavy atom. The molecule has 1 aliphatic carbocycles. The third-order valence-electron chi connectivity index (χ3n) is 5.02. The van der Waals surface area contributed by atoms with Crippen molar-refractivity contribution in [1.29, 1.82) is 0 Å². The van der Waals surface area contributed by atoms with E-state index in [1.807, 2.05) is 6.07 Å². The van der Waals surface area contributed by atoms with Gasteiger partial charge in [0.2, 0.25) is 0 Å². The Kier molecular flexibility index (Phi) is 3.93. The average molecular weight is 317 g/mol. The molecule has 0 atom stereocenters. The molecule has 0 amide bonds. The van der Waals surface area contributed by atoms with Crippen molar-refractivity contribution < 1.29 is 0 Å². The Morgan fingerprint density at radius 1 is 0.875 bits per heavy atom. The second-order valence-electron chi connectivity index (χ2n) is 6.84. The molecule has 1 N–H and O–H groups in total. The van der Waals surface area contributed by atoms with Gasteiger partial charge in [0.25, 0.3) is 0 Å². The number of aromatic nitrogens is 2. The zero-order chi connectivity index (χ0) is 16.5. The molecule has 3 nitrogen and oxygen atoms in total. The molecule has 3 heteroatoms. The summed E-state index contributed by atoms with van der Waals surface area (Å²) in [6.45, 7) is 4.26. The zero-order valence-corrected chi connectivity index (χ0v) is 14.3. The first-order valence-electron chi connectivity index (χ1n) is 8.81. The number of fused-ring (bicyclic) bond motifs is 1. The van der Waals surface area contributed by atoms with E-state index in [0.29, 0.717) is 6.04 Å². The summed E-state index contributed by atoms with van der Waals surface area (Å²) in [6, 6.07) is 15.2. The molecular formula is C21H23N3. The minimum atomic E-state index is 0.519. The Morgan fingerprint density at radius 3 is 2.17 bits per heavy atom. The van der Waals surface area contributed by atoms with Crippen LogP contribution in [0.15, 0.2) is 42.5 Å². The van der Waals surface area contributed by atoms with Crippen LogP contribution in [0.1, 0.15) is 36.8 Å². The molecule has 2 aromatic carbocycles. The first kappa shape index (κ1) is 15.1. The van der Waals surface area contributed by atoms with E-state index in [0.717, 1.165) is 28.1 Å². The maximum Gasteiger partial charge on any atom is 0.153 e. The Balaban J connectivity index is 1.87. The van der Waals surface area contributed by atoms with E-state index in [4.69, 9.17) is 9.97 Å². The normalized spacial score (nSPS) is 15.1. The minimum absolute atomic E-state index is 0.519. The largest absolute Gasteiger partial charge is 0.366 e. The standard InChI is InChI=1S/C21H23N3/c1-14-12-18-19(13-15(14)2)24-21(22-17-10-6-7-11-17)20(23-18)16-8-4-3-5-9-16/h3-5,8-9,12-13,17H,6-7,10-11H2,1-2H3,(H,22,24). The van der Waals surface area contributed by atoms with Gasteiger partial charge in [-0.15, -0.1) is 0 Å². The van der Waals surface area contributed by atoms with Crippen LogP contribution in [0, 0.1) is 13.8 Å². The fourth-order valence-corrected chi connectivity index (χ4v) is 3.47. The van der Waals surface area contributed by atoms with E-state index in [2.05, 4.69) is 55.6 Å². The number of nitrogens with zero attached hydrogens (tertiary/aromatic N) is 2. The van der Waals surface area contributed by atoms with Crippen LogP contribution < -0.4 is 5.32 Å². The van der Waals surface area contributed by atoms with Crippen molar-refractivity contribution in [1.82, 2.24) is 9.97 Å². The second kappa shape index (κ2) is 6.23. The van der Waals surface area contributed by atoms with Crippen LogP contribution in [0.25, 0.3) is 22.3 Å². The number of hydrogen-bond donors (Lipinski definition) is 1. The summed E-state index contributed by atoms with van der Waals surface area (Å²) in [7, 11) is 0. The van der Waals surface area contributed by atoms with E-state index < -0.39 is 0 Å². The van der Waals surface area contributed by atoms with Crippen molar-refractivity contribution in [2.75, 3.05) is 5.32 Å². The highest BCUT2D eigenvalue weighted by atomic mass is 15.0. The molecule has 4 rings (SSSR count). The van der Waals surface area contributed by atoms with Crippen LogP contribution in [0.5, 0.6) is 0 Å². The smallest absolute Gasteiger partial charge is 0.153 e. The number of rotatable bonds is 3. The zero-order valence-electron chi connectivity index (χ0n) is 14.3. The van der Waals surface area contributed by atoms with Gasteiger partial charge in [-0.3, -0.25) is 0 Å².